The Hall–Kier alpha value is -1.95. The van der Waals surface area contributed by atoms with Gasteiger partial charge in [-0.2, -0.15) is 11.3 Å². The maximum Gasteiger partial charge on any atom is 0.252 e. The highest BCUT2D eigenvalue weighted by Gasteiger charge is 2.08. The SMILES string of the molecule is Cc1cc(CNC(=O)c2ccsc2)nc(N(C)C)n1. The quantitative estimate of drug-likeness (QED) is 0.925. The van der Waals surface area contributed by atoms with E-state index in [4.69, 9.17) is 0 Å². The summed E-state index contributed by atoms with van der Waals surface area (Å²) >= 11 is 1.51. The molecule has 100 valence electrons. The molecule has 0 unspecified atom stereocenters. The fraction of sp³-hybridized carbons (Fsp3) is 0.308. The van der Waals surface area contributed by atoms with Crippen LogP contribution in [0, 0.1) is 6.92 Å². The van der Waals surface area contributed by atoms with Crippen LogP contribution in [-0.2, 0) is 6.54 Å². The summed E-state index contributed by atoms with van der Waals surface area (Å²) in [6.45, 7) is 2.32. The Morgan fingerprint density at radius 3 is 2.84 bits per heavy atom. The third-order valence-corrected chi connectivity index (χ3v) is 3.19. The van der Waals surface area contributed by atoms with Gasteiger partial charge in [0.1, 0.15) is 0 Å². The Bertz CT molecular complexity index is 566. The van der Waals surface area contributed by atoms with E-state index in [1.807, 2.05) is 42.7 Å². The van der Waals surface area contributed by atoms with Crippen molar-refractivity contribution in [3.8, 4) is 0 Å². The maximum absolute atomic E-state index is 11.8. The minimum Gasteiger partial charge on any atom is -0.347 e. The Morgan fingerprint density at radius 2 is 2.21 bits per heavy atom. The van der Waals surface area contributed by atoms with Crippen LogP contribution in [0.15, 0.2) is 22.9 Å². The van der Waals surface area contributed by atoms with E-state index >= 15 is 0 Å². The molecule has 1 N–H and O–H groups in total. The molecule has 0 saturated heterocycles. The second-order valence-corrected chi connectivity index (χ2v) is 5.17. The molecule has 6 heteroatoms. The normalized spacial score (nSPS) is 10.3. The van der Waals surface area contributed by atoms with E-state index in [-0.39, 0.29) is 5.91 Å². The third-order valence-electron chi connectivity index (χ3n) is 2.51. The van der Waals surface area contributed by atoms with Crippen LogP contribution < -0.4 is 10.2 Å². The molecule has 0 radical (unpaired) electrons. The fourth-order valence-corrected chi connectivity index (χ4v) is 2.21. The molecule has 0 bridgehead atoms. The number of hydrogen-bond acceptors (Lipinski definition) is 5. The fourth-order valence-electron chi connectivity index (χ4n) is 1.57. The largest absolute Gasteiger partial charge is 0.347 e. The molecule has 0 atom stereocenters. The molecule has 0 aromatic carbocycles. The molecule has 2 aromatic rings. The molecular weight excluding hydrogens is 260 g/mol. The lowest BCUT2D eigenvalue weighted by Gasteiger charge is -2.12. The number of aryl methyl sites for hydroxylation is 1. The first-order valence-electron chi connectivity index (χ1n) is 5.88. The zero-order chi connectivity index (χ0) is 13.8. The Labute approximate surface area is 116 Å². The summed E-state index contributed by atoms with van der Waals surface area (Å²) in [5.41, 5.74) is 2.38. The van der Waals surface area contributed by atoms with Gasteiger partial charge in [0.05, 0.1) is 12.2 Å². The lowest BCUT2D eigenvalue weighted by atomic mass is 10.3. The average molecular weight is 276 g/mol. The lowest BCUT2D eigenvalue weighted by molar-refractivity contribution is 0.0951. The van der Waals surface area contributed by atoms with Crippen molar-refractivity contribution >= 4 is 23.2 Å². The Kier molecular flexibility index (Phi) is 4.11. The zero-order valence-electron chi connectivity index (χ0n) is 11.2. The molecule has 2 aromatic heterocycles. The second-order valence-electron chi connectivity index (χ2n) is 4.39. The van der Waals surface area contributed by atoms with Gasteiger partial charge in [-0.05, 0) is 24.4 Å². The predicted molar refractivity (Wildman–Crippen MR) is 76.6 cm³/mol. The minimum atomic E-state index is -0.0797. The lowest BCUT2D eigenvalue weighted by Crippen LogP contribution is -2.23. The first-order valence-corrected chi connectivity index (χ1v) is 6.83. The number of carbonyl (C=O) groups excluding carboxylic acids is 1. The van der Waals surface area contributed by atoms with Crippen molar-refractivity contribution in [1.82, 2.24) is 15.3 Å². The van der Waals surface area contributed by atoms with Gasteiger partial charge in [-0.25, -0.2) is 9.97 Å². The summed E-state index contributed by atoms with van der Waals surface area (Å²) in [6, 6.07) is 3.68. The number of rotatable bonds is 4. The number of nitrogens with zero attached hydrogens (tertiary/aromatic N) is 3. The average Bonchev–Trinajstić information content (AvgIpc) is 2.89. The molecule has 0 spiro atoms. The smallest absolute Gasteiger partial charge is 0.252 e. The number of thiophene rings is 1. The van der Waals surface area contributed by atoms with Crippen molar-refractivity contribution < 1.29 is 4.79 Å². The van der Waals surface area contributed by atoms with Gasteiger partial charge in [0.15, 0.2) is 0 Å². The van der Waals surface area contributed by atoms with Crippen molar-refractivity contribution in [3.05, 3.63) is 39.8 Å². The monoisotopic (exact) mass is 276 g/mol. The van der Waals surface area contributed by atoms with E-state index < -0.39 is 0 Å². The van der Waals surface area contributed by atoms with Crippen molar-refractivity contribution in [2.75, 3.05) is 19.0 Å². The van der Waals surface area contributed by atoms with Gasteiger partial charge in [0.25, 0.3) is 5.91 Å². The number of hydrogen-bond donors (Lipinski definition) is 1. The number of aromatic nitrogens is 2. The topological polar surface area (TPSA) is 58.1 Å². The molecule has 2 rings (SSSR count). The summed E-state index contributed by atoms with van der Waals surface area (Å²) < 4.78 is 0. The molecule has 19 heavy (non-hydrogen) atoms. The van der Waals surface area contributed by atoms with Crippen molar-refractivity contribution in [2.45, 2.75) is 13.5 Å². The van der Waals surface area contributed by atoms with E-state index in [1.54, 1.807) is 6.07 Å². The van der Waals surface area contributed by atoms with Crippen molar-refractivity contribution in [1.29, 1.82) is 0 Å². The van der Waals surface area contributed by atoms with E-state index in [0.717, 1.165) is 11.4 Å². The molecule has 5 nitrogen and oxygen atoms in total. The molecule has 0 fully saturated rings. The van der Waals surface area contributed by atoms with Crippen LogP contribution in [0.4, 0.5) is 5.95 Å². The van der Waals surface area contributed by atoms with Crippen LogP contribution in [0.1, 0.15) is 21.7 Å². The third kappa shape index (κ3) is 3.51. The van der Waals surface area contributed by atoms with Gasteiger partial charge in [-0.1, -0.05) is 0 Å². The van der Waals surface area contributed by atoms with Gasteiger partial charge in [0.2, 0.25) is 5.95 Å². The predicted octanol–water partition coefficient (Wildman–Crippen LogP) is 1.84. The molecule has 0 aliphatic carbocycles. The van der Waals surface area contributed by atoms with Gasteiger partial charge in [-0.15, -0.1) is 0 Å². The van der Waals surface area contributed by atoms with Crippen LogP contribution in [0.3, 0.4) is 0 Å². The number of carbonyl (C=O) groups is 1. The van der Waals surface area contributed by atoms with Crippen LogP contribution in [0.25, 0.3) is 0 Å². The van der Waals surface area contributed by atoms with Crippen molar-refractivity contribution in [3.63, 3.8) is 0 Å². The summed E-state index contributed by atoms with van der Waals surface area (Å²) in [5, 5.41) is 6.56. The summed E-state index contributed by atoms with van der Waals surface area (Å²) in [6.07, 6.45) is 0. The molecule has 0 saturated carbocycles. The van der Waals surface area contributed by atoms with Crippen LogP contribution >= 0.6 is 11.3 Å². The number of amides is 1. The second kappa shape index (κ2) is 5.79. The van der Waals surface area contributed by atoms with Crippen molar-refractivity contribution in [2.24, 2.45) is 0 Å². The van der Waals surface area contributed by atoms with Crippen LogP contribution in [-0.4, -0.2) is 30.0 Å². The molecule has 0 aliphatic heterocycles. The van der Waals surface area contributed by atoms with E-state index in [1.165, 1.54) is 11.3 Å². The Balaban J connectivity index is 2.05. The molecule has 1 amide bonds. The maximum atomic E-state index is 11.8. The standard InChI is InChI=1S/C13H16N4OS/c1-9-6-11(16-13(15-9)17(2)3)7-14-12(18)10-4-5-19-8-10/h4-6,8H,7H2,1-3H3,(H,14,18). The van der Waals surface area contributed by atoms with Gasteiger partial charge < -0.3 is 10.2 Å². The van der Waals surface area contributed by atoms with Gasteiger partial charge in [0, 0.05) is 30.7 Å². The highest BCUT2D eigenvalue weighted by atomic mass is 32.1. The summed E-state index contributed by atoms with van der Waals surface area (Å²) in [5.74, 6) is 0.573. The first-order chi connectivity index (χ1) is 9.06. The Morgan fingerprint density at radius 1 is 1.42 bits per heavy atom. The molecule has 2 heterocycles. The van der Waals surface area contributed by atoms with Crippen LogP contribution in [0.2, 0.25) is 0 Å². The molecule has 0 aliphatic rings. The van der Waals surface area contributed by atoms with Crippen LogP contribution in [0.5, 0.6) is 0 Å². The van der Waals surface area contributed by atoms with Gasteiger partial charge >= 0.3 is 0 Å². The highest BCUT2D eigenvalue weighted by molar-refractivity contribution is 7.08. The van der Waals surface area contributed by atoms with E-state index in [9.17, 15) is 4.79 Å². The highest BCUT2D eigenvalue weighted by Crippen LogP contribution is 2.09. The minimum absolute atomic E-state index is 0.0797. The van der Waals surface area contributed by atoms with Gasteiger partial charge in [-0.3, -0.25) is 4.79 Å². The number of nitrogens with one attached hydrogen (secondary N) is 1. The first kappa shape index (κ1) is 13.5. The van der Waals surface area contributed by atoms with E-state index in [0.29, 0.717) is 18.1 Å². The summed E-state index contributed by atoms with van der Waals surface area (Å²) in [4.78, 5) is 22.4. The molecular formula is C13H16N4OS. The summed E-state index contributed by atoms with van der Waals surface area (Å²) in [7, 11) is 3.78. The van der Waals surface area contributed by atoms with E-state index in [2.05, 4.69) is 15.3 Å². The number of anilines is 1. The zero-order valence-corrected chi connectivity index (χ0v) is 12.0.